The molecule has 1 N–H and O–H groups in total. The van der Waals surface area contributed by atoms with Crippen LogP contribution in [0.25, 0.3) is 21.3 Å². The van der Waals surface area contributed by atoms with Crippen LogP contribution >= 0.6 is 11.3 Å². The maximum atomic E-state index is 13.2. The maximum absolute atomic E-state index is 13.2. The Labute approximate surface area is 181 Å². The summed E-state index contributed by atoms with van der Waals surface area (Å²) in [5.74, 6) is 0.966. The Morgan fingerprint density at radius 1 is 1.13 bits per heavy atom. The van der Waals surface area contributed by atoms with Gasteiger partial charge in [0.2, 0.25) is 5.91 Å². The van der Waals surface area contributed by atoms with Crippen LogP contribution in [-0.4, -0.2) is 28.8 Å². The van der Waals surface area contributed by atoms with Gasteiger partial charge >= 0.3 is 0 Å². The maximum Gasteiger partial charge on any atom is 0.281 e. The van der Waals surface area contributed by atoms with Crippen molar-refractivity contribution in [2.45, 2.75) is 13.3 Å². The Hall–Kier alpha value is -3.65. The molecule has 0 bridgehead atoms. The zero-order valence-corrected chi connectivity index (χ0v) is 17.6. The Bertz CT molecular complexity index is 1340. The number of nitrogens with zero attached hydrogens (tertiary/aromatic N) is 2. The lowest BCUT2D eigenvalue weighted by Crippen LogP contribution is -2.34. The lowest BCUT2D eigenvalue weighted by Gasteiger charge is -2.18. The number of thiophene rings is 1. The predicted molar refractivity (Wildman–Crippen MR) is 120 cm³/mol. The first-order valence-electron chi connectivity index (χ1n) is 9.85. The van der Waals surface area contributed by atoms with Gasteiger partial charge in [-0.05, 0) is 30.2 Å². The summed E-state index contributed by atoms with van der Waals surface area (Å²) in [6.45, 7) is 2.96. The summed E-state index contributed by atoms with van der Waals surface area (Å²) in [5.41, 5.74) is 4.92. The molecule has 5 rings (SSSR count). The SMILES string of the molecule is Cc1sc2ncn(NC(=O)Cc3ccc4c(c3)OCCO4)c(=O)c2c1-c1ccccc1. The van der Waals surface area contributed by atoms with Crippen LogP contribution in [-0.2, 0) is 11.2 Å². The molecule has 3 heterocycles. The van der Waals surface area contributed by atoms with E-state index in [1.165, 1.54) is 17.7 Å². The van der Waals surface area contributed by atoms with Crippen LogP contribution in [0.1, 0.15) is 10.4 Å². The number of hydrogen-bond donors (Lipinski definition) is 1. The number of aromatic nitrogens is 2. The van der Waals surface area contributed by atoms with Gasteiger partial charge in [-0.3, -0.25) is 15.0 Å². The molecule has 8 heteroatoms. The molecule has 1 aliphatic rings. The number of ether oxygens (including phenoxy) is 2. The number of benzene rings is 2. The minimum Gasteiger partial charge on any atom is -0.486 e. The van der Waals surface area contributed by atoms with E-state index < -0.39 is 0 Å². The molecule has 0 spiro atoms. The fourth-order valence-corrected chi connectivity index (χ4v) is 4.69. The van der Waals surface area contributed by atoms with Crippen molar-refractivity contribution < 1.29 is 14.3 Å². The van der Waals surface area contributed by atoms with Crippen molar-refractivity contribution in [2.75, 3.05) is 18.6 Å². The highest BCUT2D eigenvalue weighted by Gasteiger charge is 2.18. The standard InChI is InChI=1S/C23H19N3O4S/c1-14-20(16-5-3-2-4-6-16)21-22(31-14)24-13-26(23(21)28)25-19(27)12-15-7-8-17-18(11-15)30-10-9-29-17/h2-8,11,13H,9-10,12H2,1H3,(H,25,27). The first-order valence-corrected chi connectivity index (χ1v) is 10.7. The first-order chi connectivity index (χ1) is 15.1. The predicted octanol–water partition coefficient (Wildman–Crippen LogP) is 3.52. The fraction of sp³-hybridized carbons (Fsp3) is 0.174. The van der Waals surface area contributed by atoms with E-state index in [0.29, 0.717) is 34.9 Å². The number of hydrogen-bond acceptors (Lipinski definition) is 6. The van der Waals surface area contributed by atoms with Gasteiger partial charge in [0.05, 0.1) is 11.8 Å². The van der Waals surface area contributed by atoms with Crippen LogP contribution in [0.15, 0.2) is 59.7 Å². The van der Waals surface area contributed by atoms with Gasteiger partial charge in [0.1, 0.15) is 24.4 Å². The summed E-state index contributed by atoms with van der Waals surface area (Å²) in [7, 11) is 0. The molecule has 7 nitrogen and oxygen atoms in total. The molecule has 2 aromatic carbocycles. The first kappa shape index (κ1) is 19.3. The number of aryl methyl sites for hydroxylation is 1. The Morgan fingerprint density at radius 3 is 2.71 bits per heavy atom. The highest BCUT2D eigenvalue weighted by molar-refractivity contribution is 7.19. The van der Waals surface area contributed by atoms with Gasteiger partial charge < -0.3 is 9.47 Å². The van der Waals surface area contributed by atoms with Crippen molar-refractivity contribution in [1.29, 1.82) is 0 Å². The van der Waals surface area contributed by atoms with Gasteiger partial charge in [-0.1, -0.05) is 36.4 Å². The van der Waals surface area contributed by atoms with Crippen LogP contribution in [0.2, 0.25) is 0 Å². The molecule has 0 saturated carbocycles. The number of carbonyl (C=O) groups is 1. The Kier molecular flexibility index (Phi) is 4.91. The Balaban J connectivity index is 1.44. The molecular weight excluding hydrogens is 414 g/mol. The lowest BCUT2D eigenvalue weighted by molar-refractivity contribution is -0.116. The van der Waals surface area contributed by atoms with Gasteiger partial charge in [-0.25, -0.2) is 9.66 Å². The molecule has 0 unspecified atom stereocenters. The molecule has 0 fully saturated rings. The number of amides is 1. The average Bonchev–Trinajstić information content (AvgIpc) is 3.13. The largest absolute Gasteiger partial charge is 0.486 e. The summed E-state index contributed by atoms with van der Waals surface area (Å²) in [6, 6.07) is 15.1. The van der Waals surface area contributed by atoms with E-state index in [-0.39, 0.29) is 17.9 Å². The number of nitrogens with one attached hydrogen (secondary N) is 1. The van der Waals surface area contributed by atoms with Crippen molar-refractivity contribution in [2.24, 2.45) is 0 Å². The number of fused-ring (bicyclic) bond motifs is 2. The molecule has 2 aromatic heterocycles. The normalized spacial score (nSPS) is 12.7. The summed E-state index contributed by atoms with van der Waals surface area (Å²) in [6.07, 6.45) is 1.45. The zero-order valence-electron chi connectivity index (χ0n) is 16.8. The summed E-state index contributed by atoms with van der Waals surface area (Å²) in [5, 5.41) is 0.510. The monoisotopic (exact) mass is 433 g/mol. The van der Waals surface area contributed by atoms with Gasteiger partial charge in [0, 0.05) is 10.4 Å². The highest BCUT2D eigenvalue weighted by Crippen LogP contribution is 2.35. The third-order valence-electron chi connectivity index (χ3n) is 5.07. The molecule has 0 radical (unpaired) electrons. The molecular formula is C23H19N3O4S. The molecule has 1 amide bonds. The molecule has 0 atom stereocenters. The number of rotatable bonds is 4. The van der Waals surface area contributed by atoms with Crippen molar-refractivity contribution in [3.8, 4) is 22.6 Å². The molecule has 1 aliphatic heterocycles. The average molecular weight is 433 g/mol. The molecule has 4 aromatic rings. The molecule has 156 valence electrons. The van der Waals surface area contributed by atoms with E-state index in [0.717, 1.165) is 26.2 Å². The minimum atomic E-state index is -0.326. The lowest BCUT2D eigenvalue weighted by atomic mass is 10.0. The van der Waals surface area contributed by atoms with Crippen LogP contribution < -0.4 is 20.5 Å². The van der Waals surface area contributed by atoms with Gasteiger partial charge in [-0.15, -0.1) is 11.3 Å². The molecule has 0 saturated heterocycles. The van der Waals surface area contributed by atoms with Gasteiger partial charge in [0.25, 0.3) is 5.56 Å². The van der Waals surface area contributed by atoms with Gasteiger partial charge in [-0.2, -0.15) is 0 Å². The molecule has 0 aliphatic carbocycles. The second kappa shape index (κ2) is 7.88. The van der Waals surface area contributed by atoms with E-state index >= 15 is 0 Å². The topological polar surface area (TPSA) is 82.5 Å². The summed E-state index contributed by atoms with van der Waals surface area (Å²) < 4.78 is 12.2. The molecule has 31 heavy (non-hydrogen) atoms. The van der Waals surface area contributed by atoms with Crippen LogP contribution in [0, 0.1) is 6.92 Å². The van der Waals surface area contributed by atoms with E-state index in [9.17, 15) is 9.59 Å². The van der Waals surface area contributed by atoms with E-state index in [4.69, 9.17) is 9.47 Å². The van der Waals surface area contributed by atoms with Crippen LogP contribution in [0.4, 0.5) is 0 Å². The van der Waals surface area contributed by atoms with E-state index in [2.05, 4.69) is 10.4 Å². The highest BCUT2D eigenvalue weighted by atomic mass is 32.1. The van der Waals surface area contributed by atoms with Crippen molar-refractivity contribution in [3.05, 3.63) is 75.7 Å². The van der Waals surface area contributed by atoms with Gasteiger partial charge in [0.15, 0.2) is 11.5 Å². The minimum absolute atomic E-state index is 0.0926. The smallest absolute Gasteiger partial charge is 0.281 e. The Morgan fingerprint density at radius 2 is 1.90 bits per heavy atom. The second-order valence-corrected chi connectivity index (χ2v) is 8.39. The van der Waals surface area contributed by atoms with E-state index in [1.807, 2.05) is 43.3 Å². The third kappa shape index (κ3) is 3.66. The summed E-state index contributed by atoms with van der Waals surface area (Å²) in [4.78, 5) is 31.9. The quantitative estimate of drug-likeness (QED) is 0.533. The van der Waals surface area contributed by atoms with Crippen molar-refractivity contribution >= 4 is 27.5 Å². The third-order valence-corrected chi connectivity index (χ3v) is 6.08. The second-order valence-electron chi connectivity index (χ2n) is 7.19. The van der Waals surface area contributed by atoms with E-state index in [1.54, 1.807) is 12.1 Å². The number of carbonyl (C=O) groups excluding carboxylic acids is 1. The van der Waals surface area contributed by atoms with Crippen LogP contribution in [0.5, 0.6) is 11.5 Å². The fourth-order valence-electron chi connectivity index (χ4n) is 3.69. The van der Waals surface area contributed by atoms with Crippen molar-refractivity contribution in [1.82, 2.24) is 9.66 Å². The van der Waals surface area contributed by atoms with Crippen molar-refractivity contribution in [3.63, 3.8) is 0 Å². The van der Waals surface area contributed by atoms with Crippen LogP contribution in [0.3, 0.4) is 0 Å². The summed E-state index contributed by atoms with van der Waals surface area (Å²) >= 11 is 1.47. The zero-order chi connectivity index (χ0) is 21.4.